The summed E-state index contributed by atoms with van der Waals surface area (Å²) in [5.74, 6) is -0.0985. The highest BCUT2D eigenvalue weighted by atomic mass is 16.5. The maximum absolute atomic E-state index is 12.2. The summed E-state index contributed by atoms with van der Waals surface area (Å²) in [4.78, 5) is 20.2. The molecule has 1 N–H and O–H groups in total. The summed E-state index contributed by atoms with van der Waals surface area (Å²) < 4.78 is 5.02. The molecule has 3 aromatic rings. The van der Waals surface area contributed by atoms with E-state index in [1.165, 1.54) is 0 Å². The molecule has 2 heterocycles. The molecule has 22 heavy (non-hydrogen) atoms. The van der Waals surface area contributed by atoms with E-state index in [2.05, 4.69) is 20.4 Å². The number of nitrogens with zero attached hydrogens (tertiary/aromatic N) is 3. The molecule has 0 aliphatic carbocycles. The molecule has 1 amide bonds. The predicted octanol–water partition coefficient (Wildman–Crippen LogP) is 2.62. The van der Waals surface area contributed by atoms with Gasteiger partial charge in [-0.3, -0.25) is 9.78 Å². The second-order valence-electron chi connectivity index (χ2n) is 4.76. The van der Waals surface area contributed by atoms with Crippen molar-refractivity contribution >= 4 is 5.91 Å². The molecule has 0 aliphatic rings. The summed E-state index contributed by atoms with van der Waals surface area (Å²) in [6.45, 7) is 1.90. The van der Waals surface area contributed by atoms with Crippen molar-refractivity contribution in [3.8, 4) is 11.4 Å². The molecule has 0 aliphatic heterocycles. The number of carbonyl (C=O) groups excluding carboxylic acids is 1. The molecule has 6 heteroatoms. The van der Waals surface area contributed by atoms with Crippen LogP contribution in [0.4, 0.5) is 0 Å². The molecule has 0 bridgehead atoms. The van der Waals surface area contributed by atoms with E-state index in [-0.39, 0.29) is 11.9 Å². The van der Waals surface area contributed by atoms with E-state index in [1.807, 2.05) is 37.3 Å². The Kier molecular flexibility index (Phi) is 3.91. The highest BCUT2D eigenvalue weighted by Gasteiger charge is 2.18. The summed E-state index contributed by atoms with van der Waals surface area (Å²) in [5, 5.41) is 6.64. The summed E-state index contributed by atoms with van der Waals surface area (Å²) in [6, 6.07) is 13.0. The molecular weight excluding hydrogens is 280 g/mol. The Balaban J connectivity index is 1.72. The van der Waals surface area contributed by atoms with Gasteiger partial charge in [-0.05, 0) is 24.6 Å². The highest BCUT2D eigenvalue weighted by Crippen LogP contribution is 2.15. The van der Waals surface area contributed by atoms with Crippen LogP contribution in [0.2, 0.25) is 0 Å². The lowest BCUT2D eigenvalue weighted by atomic mass is 10.1. The van der Waals surface area contributed by atoms with Gasteiger partial charge in [-0.2, -0.15) is 4.98 Å². The summed E-state index contributed by atoms with van der Waals surface area (Å²) in [7, 11) is 0. The zero-order valence-corrected chi connectivity index (χ0v) is 11.9. The van der Waals surface area contributed by atoms with Crippen LogP contribution in [0.1, 0.15) is 29.2 Å². The molecule has 0 saturated heterocycles. The van der Waals surface area contributed by atoms with E-state index in [1.54, 1.807) is 24.5 Å². The maximum atomic E-state index is 12.2. The Hall–Kier alpha value is -3.02. The number of benzene rings is 1. The van der Waals surface area contributed by atoms with Crippen molar-refractivity contribution in [2.45, 2.75) is 13.0 Å². The van der Waals surface area contributed by atoms with Crippen molar-refractivity contribution in [2.75, 3.05) is 0 Å². The van der Waals surface area contributed by atoms with E-state index < -0.39 is 5.91 Å². The van der Waals surface area contributed by atoms with E-state index >= 15 is 0 Å². The molecule has 0 radical (unpaired) electrons. The molecule has 110 valence electrons. The third-order valence-corrected chi connectivity index (χ3v) is 3.21. The fraction of sp³-hybridized carbons (Fsp3) is 0.125. The normalized spacial score (nSPS) is 11.9. The number of pyridine rings is 1. The molecule has 0 fully saturated rings. The van der Waals surface area contributed by atoms with Crippen molar-refractivity contribution in [3.63, 3.8) is 0 Å². The molecule has 6 nitrogen and oxygen atoms in total. The van der Waals surface area contributed by atoms with Crippen LogP contribution in [-0.4, -0.2) is 21.0 Å². The molecule has 1 aromatic carbocycles. The minimum atomic E-state index is -0.399. The Morgan fingerprint density at radius 1 is 1.14 bits per heavy atom. The molecule has 1 atom stereocenters. The number of carbonyl (C=O) groups is 1. The second kappa shape index (κ2) is 6.17. The molecule has 3 rings (SSSR count). The van der Waals surface area contributed by atoms with Crippen molar-refractivity contribution in [2.24, 2.45) is 0 Å². The molecule has 0 saturated carbocycles. The van der Waals surface area contributed by atoms with Gasteiger partial charge in [0.15, 0.2) is 0 Å². The first-order valence-corrected chi connectivity index (χ1v) is 6.84. The lowest BCUT2D eigenvalue weighted by molar-refractivity contribution is 0.0895. The van der Waals surface area contributed by atoms with Crippen molar-refractivity contribution in [1.82, 2.24) is 20.4 Å². The zero-order valence-electron chi connectivity index (χ0n) is 11.9. The van der Waals surface area contributed by atoms with Gasteiger partial charge in [0.25, 0.3) is 0 Å². The van der Waals surface area contributed by atoms with Gasteiger partial charge in [0.05, 0.1) is 6.04 Å². The van der Waals surface area contributed by atoms with Gasteiger partial charge in [-0.15, -0.1) is 0 Å². The van der Waals surface area contributed by atoms with Crippen LogP contribution in [0, 0.1) is 0 Å². The summed E-state index contributed by atoms with van der Waals surface area (Å²) in [6.07, 6.45) is 3.26. The van der Waals surface area contributed by atoms with E-state index in [0.29, 0.717) is 5.82 Å². The number of nitrogens with one attached hydrogen (secondary N) is 1. The number of hydrogen-bond acceptors (Lipinski definition) is 5. The Bertz CT molecular complexity index is 756. The predicted molar refractivity (Wildman–Crippen MR) is 79.9 cm³/mol. The van der Waals surface area contributed by atoms with Gasteiger partial charge in [0.2, 0.25) is 5.82 Å². The first-order valence-electron chi connectivity index (χ1n) is 6.84. The Morgan fingerprint density at radius 3 is 2.59 bits per heavy atom. The minimum Gasteiger partial charge on any atom is -0.341 e. The fourth-order valence-corrected chi connectivity index (χ4v) is 2.02. The third-order valence-electron chi connectivity index (χ3n) is 3.21. The Morgan fingerprint density at radius 2 is 1.86 bits per heavy atom. The standard InChI is InChI=1S/C16H14N4O2/c1-11(12-5-3-2-4-6-12)18-15(21)16-19-14(20-22-16)13-7-9-17-10-8-13/h2-11H,1H3,(H,18,21). The highest BCUT2D eigenvalue weighted by molar-refractivity contribution is 5.90. The molecular formula is C16H14N4O2. The van der Waals surface area contributed by atoms with Gasteiger partial charge in [0.1, 0.15) is 0 Å². The van der Waals surface area contributed by atoms with Crippen LogP contribution >= 0.6 is 0 Å². The minimum absolute atomic E-state index is 0.0606. The zero-order chi connectivity index (χ0) is 15.4. The second-order valence-corrected chi connectivity index (χ2v) is 4.76. The Labute approximate surface area is 127 Å². The van der Waals surface area contributed by atoms with Crippen LogP contribution in [0.3, 0.4) is 0 Å². The van der Waals surface area contributed by atoms with Crippen LogP contribution in [0.15, 0.2) is 59.4 Å². The fourth-order valence-electron chi connectivity index (χ4n) is 2.02. The van der Waals surface area contributed by atoms with E-state index in [4.69, 9.17) is 4.52 Å². The van der Waals surface area contributed by atoms with Crippen molar-refractivity contribution < 1.29 is 9.32 Å². The van der Waals surface area contributed by atoms with Gasteiger partial charge in [0, 0.05) is 18.0 Å². The molecule has 1 unspecified atom stereocenters. The van der Waals surface area contributed by atoms with Gasteiger partial charge >= 0.3 is 11.8 Å². The maximum Gasteiger partial charge on any atom is 0.316 e. The SMILES string of the molecule is CC(NC(=O)c1nc(-c2ccncc2)no1)c1ccccc1. The van der Waals surface area contributed by atoms with E-state index in [0.717, 1.165) is 11.1 Å². The van der Waals surface area contributed by atoms with E-state index in [9.17, 15) is 4.79 Å². The smallest absolute Gasteiger partial charge is 0.316 e. The van der Waals surface area contributed by atoms with Crippen molar-refractivity contribution in [1.29, 1.82) is 0 Å². The van der Waals surface area contributed by atoms with Gasteiger partial charge < -0.3 is 9.84 Å². The van der Waals surface area contributed by atoms with Gasteiger partial charge in [-0.1, -0.05) is 35.5 Å². The summed E-state index contributed by atoms with van der Waals surface area (Å²) in [5.41, 5.74) is 1.75. The largest absolute Gasteiger partial charge is 0.341 e. The number of hydrogen-bond donors (Lipinski definition) is 1. The third kappa shape index (κ3) is 3.01. The van der Waals surface area contributed by atoms with Crippen molar-refractivity contribution in [3.05, 3.63) is 66.3 Å². The van der Waals surface area contributed by atoms with Gasteiger partial charge in [-0.25, -0.2) is 0 Å². The number of rotatable bonds is 4. The number of aromatic nitrogens is 3. The monoisotopic (exact) mass is 294 g/mol. The quantitative estimate of drug-likeness (QED) is 0.800. The summed E-state index contributed by atoms with van der Waals surface area (Å²) >= 11 is 0. The van der Waals surface area contributed by atoms with Crippen LogP contribution in [0.25, 0.3) is 11.4 Å². The lowest BCUT2D eigenvalue weighted by Gasteiger charge is -2.12. The van der Waals surface area contributed by atoms with Crippen LogP contribution in [0.5, 0.6) is 0 Å². The van der Waals surface area contributed by atoms with Crippen LogP contribution in [-0.2, 0) is 0 Å². The lowest BCUT2D eigenvalue weighted by Crippen LogP contribution is -2.26. The first kappa shape index (κ1) is 13.9. The molecule has 0 spiro atoms. The molecule has 2 aromatic heterocycles. The number of amides is 1. The van der Waals surface area contributed by atoms with Crippen LogP contribution < -0.4 is 5.32 Å². The average molecular weight is 294 g/mol. The first-order chi connectivity index (χ1) is 10.7. The topological polar surface area (TPSA) is 80.9 Å². The average Bonchev–Trinajstić information content (AvgIpc) is 3.06.